The SMILES string of the molecule is Nc1nc2c(ncn2S(=O)(=O)c2cccc([N+](=O)[O-])c2)c(=O)[nH]1. The van der Waals surface area contributed by atoms with Crippen LogP contribution in [0.3, 0.4) is 0 Å². The van der Waals surface area contributed by atoms with Gasteiger partial charge in [0.15, 0.2) is 11.2 Å². The predicted octanol–water partition coefficient (Wildman–Crippen LogP) is -0.153. The Kier molecular flexibility index (Phi) is 3.11. The van der Waals surface area contributed by atoms with Gasteiger partial charge in [-0.2, -0.15) is 4.98 Å². The van der Waals surface area contributed by atoms with E-state index in [1.165, 1.54) is 12.1 Å². The largest absolute Gasteiger partial charge is 0.369 e. The van der Waals surface area contributed by atoms with Crippen molar-refractivity contribution < 1.29 is 13.3 Å². The highest BCUT2D eigenvalue weighted by Crippen LogP contribution is 2.21. The number of nitro benzene ring substituents is 1. The summed E-state index contributed by atoms with van der Waals surface area (Å²) in [7, 11) is -4.23. The molecule has 0 bridgehead atoms. The lowest BCUT2D eigenvalue weighted by Crippen LogP contribution is -2.16. The van der Waals surface area contributed by atoms with Gasteiger partial charge in [-0.3, -0.25) is 19.9 Å². The average molecular weight is 336 g/mol. The molecule has 0 saturated carbocycles. The number of H-pyrrole nitrogens is 1. The second-order valence-electron chi connectivity index (χ2n) is 4.42. The predicted molar refractivity (Wildman–Crippen MR) is 78.2 cm³/mol. The molecule has 3 rings (SSSR count). The summed E-state index contributed by atoms with van der Waals surface area (Å²) in [5.74, 6) is -0.279. The van der Waals surface area contributed by atoms with E-state index < -0.39 is 20.5 Å². The number of nitrogens with zero attached hydrogens (tertiary/aromatic N) is 4. The van der Waals surface area contributed by atoms with E-state index in [-0.39, 0.29) is 27.7 Å². The van der Waals surface area contributed by atoms with Crippen LogP contribution < -0.4 is 11.3 Å². The zero-order chi connectivity index (χ0) is 16.8. The molecule has 0 saturated heterocycles. The highest BCUT2D eigenvalue weighted by Gasteiger charge is 2.23. The fourth-order valence-corrected chi connectivity index (χ4v) is 3.23. The Hall–Kier alpha value is -3.28. The number of aromatic nitrogens is 4. The molecular formula is C11H8N6O5S. The Bertz CT molecular complexity index is 1100. The Morgan fingerprint density at radius 2 is 2.09 bits per heavy atom. The number of hydrogen-bond acceptors (Lipinski definition) is 8. The third-order valence-corrected chi connectivity index (χ3v) is 4.62. The molecule has 11 nitrogen and oxygen atoms in total. The van der Waals surface area contributed by atoms with Crippen molar-refractivity contribution in [2.75, 3.05) is 5.73 Å². The van der Waals surface area contributed by atoms with Gasteiger partial charge in [-0.15, -0.1) is 0 Å². The number of aromatic amines is 1. The van der Waals surface area contributed by atoms with E-state index in [0.29, 0.717) is 3.97 Å². The lowest BCUT2D eigenvalue weighted by Gasteiger charge is -2.06. The maximum atomic E-state index is 12.6. The molecule has 0 aliphatic heterocycles. The first-order chi connectivity index (χ1) is 10.8. The van der Waals surface area contributed by atoms with Gasteiger partial charge in [-0.05, 0) is 6.07 Å². The molecule has 0 atom stereocenters. The molecule has 3 N–H and O–H groups in total. The molecule has 3 aromatic rings. The van der Waals surface area contributed by atoms with Crippen molar-refractivity contribution >= 4 is 32.8 Å². The Labute approximate surface area is 127 Å². The Morgan fingerprint density at radius 1 is 1.35 bits per heavy atom. The number of benzene rings is 1. The fourth-order valence-electron chi connectivity index (χ4n) is 1.95. The maximum Gasteiger partial charge on any atom is 0.280 e. The minimum absolute atomic E-state index is 0.215. The molecule has 0 amide bonds. The summed E-state index contributed by atoms with van der Waals surface area (Å²) in [5.41, 5.74) is 3.84. The van der Waals surface area contributed by atoms with Crippen LogP contribution in [-0.2, 0) is 10.0 Å². The number of nitro groups is 1. The number of rotatable bonds is 3. The first kappa shape index (κ1) is 14.6. The molecular weight excluding hydrogens is 328 g/mol. The average Bonchev–Trinajstić information content (AvgIpc) is 2.92. The summed E-state index contributed by atoms with van der Waals surface area (Å²) in [5, 5.41) is 10.8. The Morgan fingerprint density at radius 3 is 2.78 bits per heavy atom. The molecule has 0 radical (unpaired) electrons. The van der Waals surface area contributed by atoms with E-state index in [1.54, 1.807) is 0 Å². The number of anilines is 1. The van der Waals surface area contributed by atoms with E-state index in [4.69, 9.17) is 5.73 Å². The molecule has 0 fully saturated rings. The second-order valence-corrected chi connectivity index (χ2v) is 6.24. The van der Waals surface area contributed by atoms with Crippen LogP contribution in [0.4, 0.5) is 11.6 Å². The molecule has 0 unspecified atom stereocenters. The van der Waals surface area contributed by atoms with Gasteiger partial charge in [0.25, 0.3) is 21.3 Å². The molecule has 2 aromatic heterocycles. The minimum atomic E-state index is -4.23. The fraction of sp³-hybridized carbons (Fsp3) is 0. The zero-order valence-corrected chi connectivity index (χ0v) is 12.0. The monoisotopic (exact) mass is 336 g/mol. The second kappa shape index (κ2) is 4.88. The van der Waals surface area contributed by atoms with Gasteiger partial charge in [0, 0.05) is 12.1 Å². The third-order valence-electron chi connectivity index (χ3n) is 2.98. The van der Waals surface area contributed by atoms with Gasteiger partial charge in [0.2, 0.25) is 5.95 Å². The van der Waals surface area contributed by atoms with E-state index in [9.17, 15) is 23.3 Å². The van der Waals surface area contributed by atoms with E-state index in [1.807, 2.05) is 0 Å². The zero-order valence-electron chi connectivity index (χ0n) is 11.2. The molecule has 12 heteroatoms. The van der Waals surface area contributed by atoms with Crippen molar-refractivity contribution in [1.29, 1.82) is 0 Å². The highest BCUT2D eigenvalue weighted by molar-refractivity contribution is 7.90. The van der Waals surface area contributed by atoms with Crippen molar-refractivity contribution in [1.82, 2.24) is 18.9 Å². The number of hydrogen-bond donors (Lipinski definition) is 2. The summed E-state index contributed by atoms with van der Waals surface area (Å²) in [6.45, 7) is 0. The summed E-state index contributed by atoms with van der Waals surface area (Å²) < 4.78 is 25.9. The summed E-state index contributed by atoms with van der Waals surface area (Å²) >= 11 is 0. The number of nitrogens with one attached hydrogen (secondary N) is 1. The maximum absolute atomic E-state index is 12.6. The van der Waals surface area contributed by atoms with Crippen molar-refractivity contribution in [3.05, 3.63) is 51.1 Å². The molecule has 1 aromatic carbocycles. The molecule has 0 spiro atoms. The topological polar surface area (TPSA) is 167 Å². The van der Waals surface area contributed by atoms with Gasteiger partial charge in [-0.1, -0.05) is 6.07 Å². The molecule has 118 valence electrons. The van der Waals surface area contributed by atoms with Gasteiger partial charge in [-0.25, -0.2) is 17.4 Å². The molecule has 0 aliphatic rings. The lowest BCUT2D eigenvalue weighted by atomic mass is 10.3. The smallest absolute Gasteiger partial charge is 0.280 e. The van der Waals surface area contributed by atoms with Crippen LogP contribution in [0.5, 0.6) is 0 Å². The summed E-state index contributed by atoms with van der Waals surface area (Å²) in [6, 6.07) is 4.48. The standard InChI is InChI=1S/C11H8N6O5S/c12-11-14-9-8(10(18)15-11)13-5-16(9)23(21,22)7-3-1-2-6(4-7)17(19)20/h1-5H,(H3,12,14,15,18). The van der Waals surface area contributed by atoms with Crippen LogP contribution in [0.2, 0.25) is 0 Å². The molecule has 2 heterocycles. The molecule has 0 aliphatic carbocycles. The number of fused-ring (bicyclic) bond motifs is 1. The van der Waals surface area contributed by atoms with Gasteiger partial charge in [0.05, 0.1) is 9.82 Å². The number of nitrogen functional groups attached to an aromatic ring is 1. The van der Waals surface area contributed by atoms with Crippen molar-refractivity contribution in [2.24, 2.45) is 0 Å². The van der Waals surface area contributed by atoms with Crippen LogP contribution in [0, 0.1) is 10.1 Å². The van der Waals surface area contributed by atoms with Crippen molar-refractivity contribution in [2.45, 2.75) is 4.90 Å². The minimum Gasteiger partial charge on any atom is -0.369 e. The van der Waals surface area contributed by atoms with Gasteiger partial charge in [0.1, 0.15) is 6.33 Å². The first-order valence-corrected chi connectivity index (χ1v) is 7.47. The third kappa shape index (κ3) is 2.30. The van der Waals surface area contributed by atoms with Crippen LogP contribution in [0.15, 0.2) is 40.3 Å². The first-order valence-electron chi connectivity index (χ1n) is 6.03. The number of non-ortho nitro benzene ring substituents is 1. The van der Waals surface area contributed by atoms with Crippen LogP contribution >= 0.6 is 0 Å². The number of imidazole rings is 1. The van der Waals surface area contributed by atoms with E-state index in [2.05, 4.69) is 15.0 Å². The van der Waals surface area contributed by atoms with E-state index >= 15 is 0 Å². The number of nitrogens with two attached hydrogens (primary N) is 1. The normalized spacial score (nSPS) is 11.7. The highest BCUT2D eigenvalue weighted by atomic mass is 32.2. The molecule has 23 heavy (non-hydrogen) atoms. The Balaban J connectivity index is 2.27. The van der Waals surface area contributed by atoms with Crippen LogP contribution in [0.25, 0.3) is 11.2 Å². The quantitative estimate of drug-likeness (QED) is 0.491. The summed E-state index contributed by atoms with van der Waals surface area (Å²) in [4.78, 5) is 31.1. The van der Waals surface area contributed by atoms with Crippen LogP contribution in [-0.4, -0.2) is 32.3 Å². The summed E-state index contributed by atoms with van der Waals surface area (Å²) in [6.07, 6.45) is 0.889. The van der Waals surface area contributed by atoms with Crippen molar-refractivity contribution in [3.63, 3.8) is 0 Å². The van der Waals surface area contributed by atoms with Crippen molar-refractivity contribution in [3.8, 4) is 0 Å². The van der Waals surface area contributed by atoms with Crippen LogP contribution in [0.1, 0.15) is 0 Å². The van der Waals surface area contributed by atoms with Gasteiger partial charge < -0.3 is 5.73 Å². The van der Waals surface area contributed by atoms with E-state index in [0.717, 1.165) is 18.5 Å². The lowest BCUT2D eigenvalue weighted by molar-refractivity contribution is -0.385. The van der Waals surface area contributed by atoms with Gasteiger partial charge >= 0.3 is 0 Å².